The van der Waals surface area contributed by atoms with Crippen LogP contribution in [0.15, 0.2) is 30.5 Å². The maximum absolute atomic E-state index is 12.9. The number of carbonyl (C=O) groups is 3. The molecule has 2 bridgehead atoms. The van der Waals surface area contributed by atoms with Crippen molar-refractivity contribution >= 4 is 29.3 Å². The average Bonchev–Trinajstić information content (AvgIpc) is 2.76. The number of esters is 1. The molecule has 0 spiro atoms. The summed E-state index contributed by atoms with van der Waals surface area (Å²) in [6.45, 7) is 7.25. The van der Waals surface area contributed by atoms with Crippen molar-refractivity contribution in [2.45, 2.75) is 58.6 Å². The van der Waals surface area contributed by atoms with E-state index in [4.69, 9.17) is 15.2 Å². The molecule has 1 aliphatic rings. The number of nitrogen functional groups attached to an aromatic ring is 1. The Labute approximate surface area is 199 Å². The molecule has 0 aliphatic carbocycles. The Morgan fingerprint density at radius 3 is 2.62 bits per heavy atom. The third-order valence-corrected chi connectivity index (χ3v) is 5.57. The number of aromatic nitrogens is 1. The van der Waals surface area contributed by atoms with Gasteiger partial charge in [-0.25, -0.2) is 9.59 Å². The molecule has 2 atom stereocenters. The summed E-state index contributed by atoms with van der Waals surface area (Å²) < 4.78 is 10.3. The van der Waals surface area contributed by atoms with Gasteiger partial charge in [0.2, 0.25) is 5.91 Å². The summed E-state index contributed by atoms with van der Waals surface area (Å²) in [7, 11) is 1.28. The van der Waals surface area contributed by atoms with Gasteiger partial charge in [-0.3, -0.25) is 9.78 Å². The average molecular weight is 469 g/mol. The van der Waals surface area contributed by atoms with Crippen molar-refractivity contribution in [1.82, 2.24) is 10.3 Å². The monoisotopic (exact) mass is 468 g/mol. The van der Waals surface area contributed by atoms with E-state index >= 15 is 0 Å². The Hall–Kier alpha value is -3.62. The standard InChI is InChI=1S/C25H32N4O5/c1-14-7-6-8-19(29-24(32)34-25(2,3)4)21-11-15(9-10-27-21)16-12-17(23(31)33-5)18(26)13-20(16)28-22(14)30/h9-14,19H,6-8,26H2,1-5H3,(H,28,30)(H,29,32)/t14-,19+/m1/s1. The second-order valence-corrected chi connectivity index (χ2v) is 9.47. The number of fused-ring (bicyclic) bond motifs is 4. The number of hydrogen-bond acceptors (Lipinski definition) is 7. The smallest absolute Gasteiger partial charge is 0.408 e. The Morgan fingerprint density at radius 2 is 1.94 bits per heavy atom. The Kier molecular flexibility index (Phi) is 7.44. The molecule has 1 aliphatic heterocycles. The first kappa shape index (κ1) is 25.0. The quantitative estimate of drug-likeness (QED) is 0.438. The minimum atomic E-state index is -0.638. The number of benzene rings is 1. The van der Waals surface area contributed by atoms with Crippen LogP contribution in [0.4, 0.5) is 16.2 Å². The van der Waals surface area contributed by atoms with Gasteiger partial charge in [0.15, 0.2) is 0 Å². The van der Waals surface area contributed by atoms with Crippen LogP contribution in [0.3, 0.4) is 0 Å². The van der Waals surface area contributed by atoms with E-state index < -0.39 is 23.7 Å². The largest absolute Gasteiger partial charge is 0.465 e. The lowest BCUT2D eigenvalue weighted by atomic mass is 9.94. The van der Waals surface area contributed by atoms with Gasteiger partial charge in [-0.15, -0.1) is 0 Å². The molecule has 2 aromatic rings. The molecule has 0 saturated heterocycles. The van der Waals surface area contributed by atoms with Crippen molar-refractivity contribution < 1.29 is 23.9 Å². The van der Waals surface area contributed by atoms with Crippen LogP contribution in [0, 0.1) is 5.92 Å². The SMILES string of the molecule is COC(=O)c1cc2c(cc1N)NC(=O)[C@H](C)CCC[C@H](NC(=O)OC(C)(C)C)c1cc-2ccn1. The summed E-state index contributed by atoms with van der Waals surface area (Å²) in [6, 6.07) is 6.35. The fourth-order valence-electron chi connectivity index (χ4n) is 3.81. The van der Waals surface area contributed by atoms with E-state index in [1.807, 2.05) is 13.0 Å². The first-order valence-electron chi connectivity index (χ1n) is 11.3. The Bertz CT molecular complexity index is 1090. The zero-order chi connectivity index (χ0) is 25.0. The van der Waals surface area contributed by atoms with Crippen molar-refractivity contribution in [3.8, 4) is 11.1 Å². The molecule has 1 aromatic heterocycles. The van der Waals surface area contributed by atoms with Gasteiger partial charge < -0.3 is 25.8 Å². The highest BCUT2D eigenvalue weighted by atomic mass is 16.6. The third-order valence-electron chi connectivity index (χ3n) is 5.57. The fourth-order valence-corrected chi connectivity index (χ4v) is 3.81. The lowest BCUT2D eigenvalue weighted by Gasteiger charge is -2.25. The van der Waals surface area contributed by atoms with Crippen LogP contribution in [0.5, 0.6) is 0 Å². The first-order valence-corrected chi connectivity index (χ1v) is 11.3. The number of rotatable bonds is 2. The van der Waals surface area contributed by atoms with Crippen molar-refractivity contribution in [2.75, 3.05) is 18.2 Å². The van der Waals surface area contributed by atoms with Gasteiger partial charge in [0.25, 0.3) is 0 Å². The van der Waals surface area contributed by atoms with Crippen LogP contribution in [0.25, 0.3) is 11.1 Å². The number of nitrogens with one attached hydrogen (secondary N) is 2. The van der Waals surface area contributed by atoms with Gasteiger partial charge in [-0.05, 0) is 63.4 Å². The summed E-state index contributed by atoms with van der Waals surface area (Å²) in [5.41, 5.74) is 8.27. The maximum atomic E-state index is 12.9. The highest BCUT2D eigenvalue weighted by Crippen LogP contribution is 2.35. The summed E-state index contributed by atoms with van der Waals surface area (Å²) in [4.78, 5) is 42.1. The van der Waals surface area contributed by atoms with Crippen molar-refractivity contribution in [2.24, 2.45) is 5.92 Å². The van der Waals surface area contributed by atoms with Gasteiger partial charge in [-0.1, -0.05) is 13.3 Å². The zero-order valence-corrected chi connectivity index (χ0v) is 20.2. The van der Waals surface area contributed by atoms with Crippen molar-refractivity contribution in [3.63, 3.8) is 0 Å². The van der Waals surface area contributed by atoms with E-state index in [1.165, 1.54) is 7.11 Å². The van der Waals surface area contributed by atoms with Crippen LogP contribution in [-0.2, 0) is 14.3 Å². The number of anilines is 2. The van der Waals surface area contributed by atoms with E-state index in [9.17, 15) is 14.4 Å². The number of ether oxygens (including phenoxy) is 2. The minimum Gasteiger partial charge on any atom is -0.465 e. The number of pyridine rings is 1. The summed E-state index contributed by atoms with van der Waals surface area (Å²) in [6.07, 6.45) is 2.97. The van der Waals surface area contributed by atoms with E-state index in [0.29, 0.717) is 41.8 Å². The molecule has 4 N–H and O–H groups in total. The maximum Gasteiger partial charge on any atom is 0.408 e. The summed E-state index contributed by atoms with van der Waals surface area (Å²) >= 11 is 0. The second-order valence-electron chi connectivity index (χ2n) is 9.47. The number of methoxy groups -OCH3 is 1. The van der Waals surface area contributed by atoms with Gasteiger partial charge in [0.05, 0.1) is 30.1 Å². The Balaban J connectivity index is 2.10. The lowest BCUT2D eigenvalue weighted by Crippen LogP contribution is -2.35. The molecule has 3 rings (SSSR count). The van der Waals surface area contributed by atoms with E-state index in [1.54, 1.807) is 45.2 Å². The van der Waals surface area contributed by atoms with E-state index in [-0.39, 0.29) is 23.1 Å². The number of carbonyl (C=O) groups excluding carboxylic acids is 3. The topological polar surface area (TPSA) is 133 Å². The number of nitrogens with zero attached hydrogens (tertiary/aromatic N) is 1. The molecule has 34 heavy (non-hydrogen) atoms. The number of alkyl carbamates (subject to hydrolysis) is 1. The molecular weight excluding hydrogens is 436 g/mol. The molecule has 9 heteroatoms. The lowest BCUT2D eigenvalue weighted by molar-refractivity contribution is -0.119. The number of hydrogen-bond donors (Lipinski definition) is 3. The fraction of sp³-hybridized carbons (Fsp3) is 0.440. The molecule has 1 aromatic carbocycles. The first-order chi connectivity index (χ1) is 16.0. The number of nitrogens with two attached hydrogens (primary N) is 1. The van der Waals surface area contributed by atoms with Crippen molar-refractivity contribution in [1.29, 1.82) is 0 Å². The van der Waals surface area contributed by atoms with Gasteiger partial charge in [0.1, 0.15) is 5.60 Å². The van der Waals surface area contributed by atoms with Crippen molar-refractivity contribution in [3.05, 3.63) is 41.7 Å². The van der Waals surface area contributed by atoms with Gasteiger partial charge in [-0.2, -0.15) is 0 Å². The van der Waals surface area contributed by atoms with Crippen LogP contribution in [0.1, 0.15) is 69.1 Å². The van der Waals surface area contributed by atoms with Crippen LogP contribution < -0.4 is 16.4 Å². The summed E-state index contributed by atoms with van der Waals surface area (Å²) in [5, 5.41) is 5.87. The van der Waals surface area contributed by atoms with Crippen LogP contribution in [0.2, 0.25) is 0 Å². The second kappa shape index (κ2) is 10.1. The van der Waals surface area contributed by atoms with Gasteiger partial charge in [0, 0.05) is 23.4 Å². The molecular formula is C25H32N4O5. The molecule has 0 fully saturated rings. The molecule has 0 saturated carbocycles. The Morgan fingerprint density at radius 1 is 1.21 bits per heavy atom. The molecule has 2 amide bonds. The van der Waals surface area contributed by atoms with Gasteiger partial charge >= 0.3 is 12.1 Å². The zero-order valence-electron chi connectivity index (χ0n) is 20.2. The van der Waals surface area contributed by atoms with E-state index in [2.05, 4.69) is 15.6 Å². The normalized spacial score (nSPS) is 18.4. The van der Waals surface area contributed by atoms with E-state index in [0.717, 1.165) is 0 Å². The highest BCUT2D eigenvalue weighted by molar-refractivity contribution is 6.02. The van der Waals surface area contributed by atoms with Crippen LogP contribution in [-0.4, -0.2) is 35.7 Å². The third kappa shape index (κ3) is 6.03. The molecule has 2 heterocycles. The predicted molar refractivity (Wildman–Crippen MR) is 129 cm³/mol. The molecule has 0 radical (unpaired) electrons. The molecule has 0 unspecified atom stereocenters. The minimum absolute atomic E-state index is 0.155. The molecule has 9 nitrogen and oxygen atoms in total. The highest BCUT2D eigenvalue weighted by Gasteiger charge is 2.25. The molecule has 182 valence electrons. The predicted octanol–water partition coefficient (Wildman–Crippen LogP) is 4.44. The number of amides is 2. The summed E-state index contributed by atoms with van der Waals surface area (Å²) in [5.74, 6) is -1.01. The van der Waals surface area contributed by atoms with Crippen LogP contribution >= 0.6 is 0 Å².